The molecule has 3 amide bonds. The van der Waals surface area contributed by atoms with Gasteiger partial charge in [-0.25, -0.2) is 14.6 Å². The summed E-state index contributed by atoms with van der Waals surface area (Å²) in [5, 5.41) is 7.60. The van der Waals surface area contributed by atoms with Crippen molar-refractivity contribution in [3.63, 3.8) is 0 Å². The van der Waals surface area contributed by atoms with E-state index in [1.165, 1.54) is 5.56 Å². The molecule has 0 bridgehead atoms. The van der Waals surface area contributed by atoms with Crippen molar-refractivity contribution < 1.29 is 14.3 Å². The van der Waals surface area contributed by atoms with Gasteiger partial charge in [-0.1, -0.05) is 72.8 Å². The maximum absolute atomic E-state index is 13.1. The molecular weight excluding hydrogens is 466 g/mol. The number of rotatable bonds is 4. The summed E-state index contributed by atoms with van der Waals surface area (Å²) in [6.45, 7) is 9.21. The fourth-order valence-electron chi connectivity index (χ4n) is 4.24. The fourth-order valence-corrected chi connectivity index (χ4v) is 4.24. The van der Waals surface area contributed by atoms with E-state index in [1.807, 2.05) is 60.7 Å². The van der Waals surface area contributed by atoms with Gasteiger partial charge in [0.05, 0.1) is 6.54 Å². The number of carbonyl (C=O) groups is 2. The van der Waals surface area contributed by atoms with Crippen molar-refractivity contribution in [2.75, 3.05) is 26.2 Å². The second kappa shape index (κ2) is 11.9. The van der Waals surface area contributed by atoms with Gasteiger partial charge >= 0.3 is 12.1 Å². The van der Waals surface area contributed by atoms with Gasteiger partial charge < -0.3 is 9.64 Å². The van der Waals surface area contributed by atoms with Crippen LogP contribution in [0.15, 0.2) is 77.8 Å². The number of carbonyl (C=O) groups excluding carboxylic acids is 2. The zero-order chi connectivity index (χ0) is 26.3. The predicted octanol–water partition coefficient (Wildman–Crippen LogP) is 4.75. The molecule has 0 atom stereocenters. The molecule has 37 heavy (non-hydrogen) atoms. The van der Waals surface area contributed by atoms with Crippen molar-refractivity contribution >= 4 is 28.9 Å². The largest absolute Gasteiger partial charge is 0.444 e. The van der Waals surface area contributed by atoms with Crippen LogP contribution in [0.5, 0.6) is 0 Å². The fraction of sp³-hybridized carbons (Fsp3) is 0.345. The Morgan fingerprint density at radius 1 is 0.865 bits per heavy atom. The smallest absolute Gasteiger partial charge is 0.414 e. The maximum atomic E-state index is 13.1. The van der Waals surface area contributed by atoms with Crippen molar-refractivity contribution in [2.45, 2.75) is 39.5 Å². The highest BCUT2D eigenvalue weighted by Crippen LogP contribution is 2.19. The molecule has 1 aliphatic rings. The molecule has 194 valence electrons. The Labute approximate surface area is 218 Å². The number of benzene rings is 3. The normalized spacial score (nSPS) is 14.9. The van der Waals surface area contributed by atoms with E-state index in [0.29, 0.717) is 13.1 Å². The quantitative estimate of drug-likeness (QED) is 0.399. The highest BCUT2D eigenvalue weighted by Gasteiger charge is 2.24. The summed E-state index contributed by atoms with van der Waals surface area (Å²) in [6, 6.07) is 24.1. The van der Waals surface area contributed by atoms with Gasteiger partial charge in [0.25, 0.3) is 0 Å². The zero-order valence-corrected chi connectivity index (χ0v) is 21.7. The molecule has 1 saturated heterocycles. The van der Waals surface area contributed by atoms with Gasteiger partial charge in [-0.15, -0.1) is 0 Å². The van der Waals surface area contributed by atoms with Gasteiger partial charge in [-0.05, 0) is 42.7 Å². The summed E-state index contributed by atoms with van der Waals surface area (Å²) in [4.78, 5) is 34.2. The summed E-state index contributed by atoms with van der Waals surface area (Å²) in [6.07, 6.45) is -0.669. The van der Waals surface area contributed by atoms with Gasteiger partial charge in [-0.3, -0.25) is 15.5 Å². The van der Waals surface area contributed by atoms with E-state index in [9.17, 15) is 9.59 Å². The number of aliphatic imine (C=N–C) groups is 1. The summed E-state index contributed by atoms with van der Waals surface area (Å²) in [5.74, 6) is 0.0684. The predicted molar refractivity (Wildman–Crippen MR) is 146 cm³/mol. The first-order valence-electron chi connectivity index (χ1n) is 12.6. The number of ether oxygens (including phenoxy) is 1. The Balaban J connectivity index is 1.42. The van der Waals surface area contributed by atoms with E-state index >= 15 is 0 Å². The molecule has 0 saturated carbocycles. The number of urea groups is 1. The van der Waals surface area contributed by atoms with Crippen LogP contribution in [0.25, 0.3) is 10.8 Å². The Morgan fingerprint density at radius 2 is 1.54 bits per heavy atom. The first-order valence-corrected chi connectivity index (χ1v) is 12.6. The van der Waals surface area contributed by atoms with Crippen LogP contribution in [0.3, 0.4) is 0 Å². The van der Waals surface area contributed by atoms with E-state index in [-0.39, 0.29) is 18.5 Å². The molecule has 8 heteroatoms. The number of nitrogens with one attached hydrogen (secondary N) is 2. The van der Waals surface area contributed by atoms with E-state index in [2.05, 4.69) is 32.7 Å². The third kappa shape index (κ3) is 7.79. The van der Waals surface area contributed by atoms with Crippen molar-refractivity contribution in [1.29, 1.82) is 0 Å². The molecule has 1 heterocycles. The van der Waals surface area contributed by atoms with Crippen molar-refractivity contribution in [3.8, 4) is 0 Å². The molecule has 0 radical (unpaired) electrons. The minimum absolute atomic E-state index is 0.0684. The molecule has 1 fully saturated rings. The van der Waals surface area contributed by atoms with Crippen LogP contribution in [0.4, 0.5) is 9.59 Å². The van der Waals surface area contributed by atoms with E-state index < -0.39 is 11.7 Å². The number of piperazine rings is 1. The lowest BCUT2D eigenvalue weighted by atomic mass is 10.1. The molecule has 1 aliphatic heterocycles. The van der Waals surface area contributed by atoms with Gasteiger partial charge in [0.15, 0.2) is 0 Å². The average molecular weight is 502 g/mol. The Morgan fingerprint density at radius 3 is 2.27 bits per heavy atom. The van der Waals surface area contributed by atoms with E-state index in [4.69, 9.17) is 4.74 Å². The van der Waals surface area contributed by atoms with Crippen LogP contribution in [-0.4, -0.2) is 59.7 Å². The molecule has 8 nitrogen and oxygen atoms in total. The Hall–Kier alpha value is -3.91. The van der Waals surface area contributed by atoms with Gasteiger partial charge in [0.2, 0.25) is 5.96 Å². The van der Waals surface area contributed by atoms with E-state index in [0.717, 1.165) is 36.0 Å². The van der Waals surface area contributed by atoms with Gasteiger partial charge in [-0.2, -0.15) is 0 Å². The molecule has 0 unspecified atom stereocenters. The summed E-state index contributed by atoms with van der Waals surface area (Å²) in [5.41, 5.74) is 1.57. The molecule has 0 spiro atoms. The van der Waals surface area contributed by atoms with Gasteiger partial charge in [0.1, 0.15) is 5.60 Å². The number of hydrogen-bond acceptors (Lipinski definition) is 5. The lowest BCUT2D eigenvalue weighted by Crippen LogP contribution is -2.55. The Kier molecular flexibility index (Phi) is 8.40. The molecule has 4 rings (SSSR count). The zero-order valence-electron chi connectivity index (χ0n) is 21.7. The monoisotopic (exact) mass is 501 g/mol. The molecular formula is C29H35N5O3. The van der Waals surface area contributed by atoms with Gasteiger partial charge in [0, 0.05) is 32.7 Å². The highest BCUT2D eigenvalue weighted by molar-refractivity contribution is 6.02. The minimum atomic E-state index is -0.677. The lowest BCUT2D eigenvalue weighted by Gasteiger charge is -2.34. The second-order valence-electron chi connectivity index (χ2n) is 10.1. The molecule has 2 N–H and O–H groups in total. The molecule has 3 aromatic carbocycles. The number of fused-ring (bicyclic) bond motifs is 1. The van der Waals surface area contributed by atoms with E-state index in [1.54, 1.807) is 25.7 Å². The van der Waals surface area contributed by atoms with Crippen LogP contribution in [0.2, 0.25) is 0 Å². The topological polar surface area (TPSA) is 86.3 Å². The number of alkyl carbamates (subject to hydrolysis) is 1. The number of amides is 3. The van der Waals surface area contributed by atoms with Crippen LogP contribution in [0.1, 0.15) is 31.9 Å². The number of hydrogen-bond donors (Lipinski definition) is 2. The summed E-state index contributed by atoms with van der Waals surface area (Å²) >= 11 is 0. The van der Waals surface area contributed by atoms with Crippen LogP contribution in [-0.2, 0) is 17.8 Å². The Bertz CT molecular complexity index is 1240. The standard InChI is InChI=1S/C29H35N5O3/c1-29(2,3)37-28(36)32-26(30-20-24-14-9-13-23-12-7-8-15-25(23)24)31-27(35)34-18-16-33(17-19-34)21-22-10-5-4-6-11-22/h4-15H,16-21H2,1-3H3,(H2,30,31,32,35,36). The molecule has 3 aromatic rings. The average Bonchev–Trinajstić information content (AvgIpc) is 2.87. The molecule has 0 aliphatic carbocycles. The second-order valence-corrected chi connectivity index (χ2v) is 10.1. The SMILES string of the molecule is CC(C)(C)OC(=O)NC(=NCc1cccc2ccccc12)NC(=O)N1CCN(Cc2ccccc2)CC1. The van der Waals surface area contributed by atoms with Crippen molar-refractivity contribution in [2.24, 2.45) is 4.99 Å². The molecule has 0 aromatic heterocycles. The minimum Gasteiger partial charge on any atom is -0.444 e. The summed E-state index contributed by atoms with van der Waals surface area (Å²) in [7, 11) is 0. The lowest BCUT2D eigenvalue weighted by molar-refractivity contribution is 0.0561. The van der Waals surface area contributed by atoms with Crippen LogP contribution in [0, 0.1) is 0 Å². The number of guanidine groups is 1. The highest BCUT2D eigenvalue weighted by atomic mass is 16.6. The van der Waals surface area contributed by atoms with Crippen molar-refractivity contribution in [3.05, 3.63) is 83.9 Å². The third-order valence-corrected chi connectivity index (χ3v) is 6.04. The van der Waals surface area contributed by atoms with Crippen molar-refractivity contribution in [1.82, 2.24) is 20.4 Å². The first-order chi connectivity index (χ1) is 17.8. The maximum Gasteiger partial charge on any atom is 0.414 e. The first kappa shape index (κ1) is 26.2. The summed E-state index contributed by atoms with van der Waals surface area (Å²) < 4.78 is 5.39. The number of nitrogens with zero attached hydrogens (tertiary/aromatic N) is 3. The van der Waals surface area contributed by atoms with Crippen LogP contribution >= 0.6 is 0 Å². The third-order valence-electron chi connectivity index (χ3n) is 6.04. The van der Waals surface area contributed by atoms with Crippen LogP contribution < -0.4 is 10.6 Å².